The zero-order valence-electron chi connectivity index (χ0n) is 26.0. The molecular formula is C35H43N5O4S. The van der Waals surface area contributed by atoms with Gasteiger partial charge in [-0.2, -0.15) is 0 Å². The lowest BCUT2D eigenvalue weighted by Gasteiger charge is -2.30. The second-order valence-corrected chi connectivity index (χ2v) is 13.2. The van der Waals surface area contributed by atoms with Gasteiger partial charge in [-0.05, 0) is 84.4 Å². The fourth-order valence-corrected chi connectivity index (χ4v) is 7.25. The number of H-pyrrole nitrogens is 1. The molecule has 0 spiro atoms. The van der Waals surface area contributed by atoms with Gasteiger partial charge < -0.3 is 9.88 Å². The minimum Gasteiger partial charge on any atom is -0.361 e. The smallest absolute Gasteiger partial charge is 0.267 e. The molecule has 1 unspecified atom stereocenters. The maximum Gasteiger partial charge on any atom is 0.267 e. The summed E-state index contributed by atoms with van der Waals surface area (Å²) in [4.78, 5) is 19.8. The van der Waals surface area contributed by atoms with Crippen molar-refractivity contribution in [2.75, 3.05) is 32.7 Å². The Labute approximate surface area is 266 Å². The van der Waals surface area contributed by atoms with Crippen LogP contribution in [0.5, 0.6) is 0 Å². The lowest BCUT2D eigenvalue weighted by atomic mass is 10.0. The van der Waals surface area contributed by atoms with Crippen LogP contribution in [0.4, 0.5) is 0 Å². The molecule has 4 aromatic rings. The first kappa shape index (κ1) is 32.6. The Balaban J connectivity index is 1.34. The molecule has 1 heterocycles. The number of para-hydroxylation sites is 1. The minimum atomic E-state index is -3.59. The van der Waals surface area contributed by atoms with Crippen molar-refractivity contribution in [3.8, 4) is 0 Å². The Morgan fingerprint density at radius 2 is 1.82 bits per heavy atom. The number of amides is 1. The van der Waals surface area contributed by atoms with Crippen LogP contribution in [0.25, 0.3) is 17.0 Å². The van der Waals surface area contributed by atoms with Crippen LogP contribution >= 0.6 is 0 Å². The molecular weight excluding hydrogens is 586 g/mol. The van der Waals surface area contributed by atoms with Crippen LogP contribution in [0.15, 0.2) is 83.9 Å². The molecule has 0 saturated heterocycles. The highest BCUT2D eigenvalue weighted by Gasteiger charge is 2.28. The third-order valence-electron chi connectivity index (χ3n) is 8.77. The van der Waals surface area contributed by atoms with Crippen LogP contribution in [0.3, 0.4) is 0 Å². The lowest BCUT2D eigenvalue weighted by Crippen LogP contribution is -2.34. The minimum absolute atomic E-state index is 0.203. The lowest BCUT2D eigenvalue weighted by molar-refractivity contribution is -0.124. The summed E-state index contributed by atoms with van der Waals surface area (Å²) < 4.78 is 28.7. The monoisotopic (exact) mass is 629 g/mol. The third-order valence-corrected chi connectivity index (χ3v) is 10.2. The highest BCUT2D eigenvalue weighted by Crippen LogP contribution is 2.37. The van der Waals surface area contributed by atoms with E-state index in [4.69, 9.17) is 5.21 Å². The highest BCUT2D eigenvalue weighted by molar-refractivity contribution is 7.89. The van der Waals surface area contributed by atoms with Gasteiger partial charge in [-0.25, -0.2) is 18.6 Å². The van der Waals surface area contributed by atoms with Gasteiger partial charge in [0.15, 0.2) is 0 Å². The number of nitrogens with zero attached hydrogens (tertiary/aromatic N) is 2. The summed E-state index contributed by atoms with van der Waals surface area (Å²) in [6.07, 6.45) is 7.87. The molecule has 0 aliphatic heterocycles. The number of likely N-dealkylation sites (N-methyl/N-ethyl adjacent to an activating group) is 1. The Bertz CT molecular complexity index is 1730. The normalized spacial score (nSPS) is 15.0. The molecule has 1 atom stereocenters. The van der Waals surface area contributed by atoms with Crippen molar-refractivity contribution in [3.63, 3.8) is 0 Å². The average molecular weight is 630 g/mol. The first-order valence-electron chi connectivity index (χ1n) is 15.7. The molecule has 45 heavy (non-hydrogen) atoms. The number of carbonyl (C=O) groups excluding carboxylic acids is 1. The number of sulfonamides is 1. The van der Waals surface area contributed by atoms with Gasteiger partial charge in [-0.1, -0.05) is 62.4 Å². The van der Waals surface area contributed by atoms with E-state index < -0.39 is 15.9 Å². The zero-order valence-corrected chi connectivity index (χ0v) is 26.8. The number of hydrogen-bond acceptors (Lipinski definition) is 6. The predicted octanol–water partition coefficient (Wildman–Crippen LogP) is 5.04. The van der Waals surface area contributed by atoms with Gasteiger partial charge >= 0.3 is 0 Å². The van der Waals surface area contributed by atoms with Crippen molar-refractivity contribution >= 4 is 32.9 Å². The Morgan fingerprint density at radius 3 is 2.58 bits per heavy atom. The van der Waals surface area contributed by atoms with Crippen molar-refractivity contribution < 1.29 is 18.4 Å². The van der Waals surface area contributed by atoms with Crippen LogP contribution < -0.4 is 10.2 Å². The van der Waals surface area contributed by atoms with Crippen molar-refractivity contribution in [2.24, 2.45) is 0 Å². The number of hydrogen-bond donors (Lipinski definition) is 4. The van der Waals surface area contributed by atoms with E-state index in [0.29, 0.717) is 19.6 Å². The van der Waals surface area contributed by atoms with Crippen LogP contribution in [-0.2, 0) is 34.2 Å². The molecule has 5 rings (SSSR count). The summed E-state index contributed by atoms with van der Waals surface area (Å²) in [5.74, 6) is -0.564. The SMILES string of the molecule is CCN(CC)CCNS(=O)(=O)c1ccc(CN(CCc2c[nH]c3ccccc23)C2CCc3cc(C=CC(=O)NO)ccc32)cc1. The highest BCUT2D eigenvalue weighted by atomic mass is 32.2. The zero-order chi connectivity index (χ0) is 31.8. The summed E-state index contributed by atoms with van der Waals surface area (Å²) in [5, 5.41) is 10.0. The quantitative estimate of drug-likeness (QED) is 0.0832. The van der Waals surface area contributed by atoms with E-state index in [-0.39, 0.29) is 10.9 Å². The summed E-state index contributed by atoms with van der Waals surface area (Å²) in [5.41, 5.74) is 8.51. The second kappa shape index (κ2) is 15.0. The largest absolute Gasteiger partial charge is 0.361 e. The molecule has 9 nitrogen and oxygen atoms in total. The molecule has 10 heteroatoms. The number of aromatic nitrogens is 1. The van der Waals surface area contributed by atoms with E-state index >= 15 is 0 Å². The molecule has 0 radical (unpaired) electrons. The molecule has 1 aliphatic carbocycles. The van der Waals surface area contributed by atoms with Gasteiger partial charge in [0.25, 0.3) is 5.91 Å². The van der Waals surface area contributed by atoms with E-state index in [1.54, 1.807) is 23.7 Å². The first-order valence-corrected chi connectivity index (χ1v) is 17.1. The number of fused-ring (bicyclic) bond motifs is 2. The molecule has 1 aliphatic rings. The van der Waals surface area contributed by atoms with Crippen LogP contribution in [0, 0.1) is 0 Å². The van der Waals surface area contributed by atoms with Crippen LogP contribution in [0.2, 0.25) is 0 Å². The van der Waals surface area contributed by atoms with Crippen LogP contribution in [0.1, 0.15) is 54.1 Å². The number of nitrogens with one attached hydrogen (secondary N) is 3. The standard InChI is InChI=1S/C35H43N5O4S/c1-3-39(4-2)22-20-37-45(43,44)30-14-9-27(10-15-30)25-40(21-19-29-24-36-33-8-6-5-7-31(29)33)34-17-13-28-23-26(11-16-32(28)34)12-18-35(41)38-42/h5-12,14-16,18,23-24,34,36-37,42H,3-4,13,17,19-22,25H2,1-2H3,(H,38,41). The Kier molecular flexibility index (Phi) is 10.9. The van der Waals surface area contributed by atoms with Crippen LogP contribution in [-0.4, -0.2) is 67.0 Å². The van der Waals surface area contributed by atoms with Crippen molar-refractivity contribution in [3.05, 3.63) is 107 Å². The first-order chi connectivity index (χ1) is 21.8. The molecule has 1 aromatic heterocycles. The van der Waals surface area contributed by atoms with E-state index in [0.717, 1.165) is 55.5 Å². The summed E-state index contributed by atoms with van der Waals surface area (Å²) in [7, 11) is -3.59. The van der Waals surface area contributed by atoms with Gasteiger partial charge in [0.2, 0.25) is 10.0 Å². The van der Waals surface area contributed by atoms with Crippen molar-refractivity contribution in [1.29, 1.82) is 0 Å². The van der Waals surface area contributed by atoms with Crippen molar-refractivity contribution in [1.82, 2.24) is 25.0 Å². The Hall–Kier alpha value is -3.80. The molecule has 0 fully saturated rings. The van der Waals surface area contributed by atoms with Gasteiger partial charge in [0, 0.05) is 55.4 Å². The number of aryl methyl sites for hydroxylation is 1. The van der Waals surface area contributed by atoms with Crippen molar-refractivity contribution in [2.45, 2.75) is 50.6 Å². The summed E-state index contributed by atoms with van der Waals surface area (Å²) in [6.45, 7) is 8.48. The van der Waals surface area contributed by atoms with Gasteiger partial charge in [0.1, 0.15) is 0 Å². The second-order valence-electron chi connectivity index (χ2n) is 11.5. The van der Waals surface area contributed by atoms with E-state index in [9.17, 15) is 13.2 Å². The predicted molar refractivity (Wildman–Crippen MR) is 178 cm³/mol. The molecule has 1 amide bonds. The maximum absolute atomic E-state index is 13.0. The molecule has 238 valence electrons. The van der Waals surface area contributed by atoms with E-state index in [2.05, 4.69) is 69.9 Å². The molecule has 0 bridgehead atoms. The summed E-state index contributed by atoms with van der Waals surface area (Å²) >= 11 is 0. The molecule has 4 N–H and O–H groups in total. The van der Waals surface area contributed by atoms with Gasteiger partial charge in [-0.3, -0.25) is 14.9 Å². The topological polar surface area (TPSA) is 118 Å². The fourth-order valence-electron chi connectivity index (χ4n) is 6.22. The van der Waals surface area contributed by atoms with E-state index in [1.807, 2.05) is 24.3 Å². The number of hydroxylamine groups is 1. The third kappa shape index (κ3) is 8.08. The Morgan fingerprint density at radius 1 is 1.04 bits per heavy atom. The average Bonchev–Trinajstić information content (AvgIpc) is 3.68. The number of rotatable bonds is 15. The number of carbonyl (C=O) groups is 1. The van der Waals surface area contributed by atoms with Gasteiger partial charge in [-0.15, -0.1) is 0 Å². The molecule has 0 saturated carbocycles. The number of benzene rings is 3. The fraction of sp³-hybridized carbons (Fsp3) is 0.343. The molecule has 3 aromatic carbocycles. The van der Waals surface area contributed by atoms with Gasteiger partial charge in [0.05, 0.1) is 4.90 Å². The van der Waals surface area contributed by atoms with E-state index in [1.165, 1.54) is 28.2 Å². The maximum atomic E-state index is 13.0. The summed E-state index contributed by atoms with van der Waals surface area (Å²) in [6, 6.07) is 22.1. The number of aromatic amines is 1.